The molecule has 2 aromatic carbocycles. The van der Waals surface area contributed by atoms with E-state index in [1.165, 1.54) is 16.2 Å². The Morgan fingerprint density at radius 2 is 1.83 bits per heavy atom. The van der Waals surface area contributed by atoms with Gasteiger partial charge < -0.3 is 14.2 Å². The van der Waals surface area contributed by atoms with Crippen LogP contribution in [0.2, 0.25) is 0 Å². The summed E-state index contributed by atoms with van der Waals surface area (Å²) in [5, 5.41) is 12.2. The number of aryl methyl sites for hydroxylation is 4. The van der Waals surface area contributed by atoms with E-state index in [4.69, 9.17) is 14.7 Å². The molecule has 4 heterocycles. The molecule has 1 fully saturated rings. The second-order valence-electron chi connectivity index (χ2n) is 10.8. The summed E-state index contributed by atoms with van der Waals surface area (Å²) in [6, 6.07) is 14.3. The highest BCUT2D eigenvalue weighted by atomic mass is 32.1. The molecule has 1 amide bonds. The topological polar surface area (TPSA) is 97.0 Å². The van der Waals surface area contributed by atoms with Crippen molar-refractivity contribution in [2.75, 3.05) is 11.5 Å². The molecule has 1 aliphatic heterocycles. The van der Waals surface area contributed by atoms with Crippen molar-refractivity contribution in [2.24, 2.45) is 0 Å². The maximum Gasteiger partial charge on any atom is 0.301 e. The van der Waals surface area contributed by atoms with Gasteiger partial charge in [0.25, 0.3) is 5.78 Å². The van der Waals surface area contributed by atoms with Gasteiger partial charge in [-0.3, -0.25) is 14.5 Å². The first kappa shape index (κ1) is 27.7. The number of nitrogens with zero attached hydrogens (tertiary/aromatic N) is 4. The molecule has 8 nitrogen and oxygen atoms in total. The number of anilines is 1. The SMILES string of the molecule is CCCCOc1cccc(C2C(=C(O)c3nc4c(C)cccn4c3C)C(=O)C(=O)N2c2nc3c(C)cc(C)cc3s2)c1. The number of aliphatic hydroxyl groups is 1. The van der Waals surface area contributed by atoms with E-state index in [1.54, 1.807) is 0 Å². The van der Waals surface area contributed by atoms with Crippen molar-refractivity contribution in [3.05, 3.63) is 93.9 Å². The van der Waals surface area contributed by atoms with Crippen LogP contribution in [0, 0.1) is 27.7 Å². The van der Waals surface area contributed by atoms with Gasteiger partial charge in [-0.05, 0) is 80.6 Å². The van der Waals surface area contributed by atoms with E-state index in [2.05, 4.69) is 6.92 Å². The second-order valence-corrected chi connectivity index (χ2v) is 11.8. The molecule has 0 bridgehead atoms. The van der Waals surface area contributed by atoms with Gasteiger partial charge in [-0.15, -0.1) is 0 Å². The minimum Gasteiger partial charge on any atom is -0.505 e. The Bertz CT molecular complexity index is 1920. The van der Waals surface area contributed by atoms with Crippen molar-refractivity contribution in [3.63, 3.8) is 0 Å². The highest BCUT2D eigenvalue weighted by Crippen LogP contribution is 2.45. The van der Waals surface area contributed by atoms with Crippen LogP contribution in [0.1, 0.15) is 59.4 Å². The number of unbranched alkanes of at least 4 members (excludes halogenated alkanes) is 1. The molecule has 6 rings (SSSR count). The van der Waals surface area contributed by atoms with Gasteiger partial charge in [0.05, 0.1) is 34.1 Å². The Kier molecular flexibility index (Phi) is 7.06. The number of fused-ring (bicyclic) bond motifs is 2. The van der Waals surface area contributed by atoms with Crippen LogP contribution in [-0.4, -0.2) is 37.8 Å². The number of imidazole rings is 1. The first-order valence-corrected chi connectivity index (χ1v) is 14.9. The second kappa shape index (κ2) is 10.7. The largest absolute Gasteiger partial charge is 0.505 e. The average Bonchev–Trinajstić information content (AvgIpc) is 3.62. The summed E-state index contributed by atoms with van der Waals surface area (Å²) in [4.78, 5) is 38.6. The van der Waals surface area contributed by atoms with E-state index in [-0.39, 0.29) is 17.0 Å². The van der Waals surface area contributed by atoms with Crippen molar-refractivity contribution >= 4 is 49.8 Å². The van der Waals surface area contributed by atoms with Gasteiger partial charge in [-0.1, -0.05) is 48.9 Å². The number of hydrogen-bond acceptors (Lipinski definition) is 7. The molecule has 214 valence electrons. The van der Waals surface area contributed by atoms with E-state index in [1.807, 2.05) is 86.8 Å². The number of Topliss-reactive ketones (excluding diaryl/α,β-unsaturated/α-hetero) is 1. The molecule has 0 spiro atoms. The molecule has 1 atom stereocenters. The van der Waals surface area contributed by atoms with Gasteiger partial charge in [0.15, 0.2) is 10.9 Å². The predicted octanol–water partition coefficient (Wildman–Crippen LogP) is 6.98. The first-order valence-electron chi connectivity index (χ1n) is 14.1. The van der Waals surface area contributed by atoms with Crippen LogP contribution >= 0.6 is 11.3 Å². The Labute approximate surface area is 247 Å². The number of pyridine rings is 1. The molecule has 0 saturated carbocycles. The summed E-state index contributed by atoms with van der Waals surface area (Å²) in [7, 11) is 0. The molecule has 0 aliphatic carbocycles. The van der Waals surface area contributed by atoms with Crippen LogP contribution in [0.5, 0.6) is 5.75 Å². The summed E-state index contributed by atoms with van der Waals surface area (Å²) in [6.07, 6.45) is 3.76. The molecule has 1 unspecified atom stereocenters. The molecular weight excluding hydrogens is 548 g/mol. The molecule has 1 N–H and O–H groups in total. The zero-order valence-electron chi connectivity index (χ0n) is 24.3. The fourth-order valence-corrected chi connectivity index (χ4v) is 6.76. The fraction of sp³-hybridized carbons (Fsp3) is 0.273. The highest BCUT2D eigenvalue weighted by molar-refractivity contribution is 7.22. The predicted molar refractivity (Wildman–Crippen MR) is 165 cm³/mol. The molecule has 9 heteroatoms. The summed E-state index contributed by atoms with van der Waals surface area (Å²) < 4.78 is 8.77. The minimum atomic E-state index is -0.924. The van der Waals surface area contributed by atoms with Crippen molar-refractivity contribution in [1.29, 1.82) is 0 Å². The Morgan fingerprint density at radius 1 is 1.02 bits per heavy atom. The number of carbonyl (C=O) groups is 2. The maximum atomic E-state index is 13.8. The number of ketones is 1. The first-order chi connectivity index (χ1) is 20.2. The average molecular weight is 581 g/mol. The number of aromatic nitrogens is 3. The van der Waals surface area contributed by atoms with Crippen molar-refractivity contribution in [3.8, 4) is 5.75 Å². The number of ether oxygens (including phenoxy) is 1. The van der Waals surface area contributed by atoms with E-state index < -0.39 is 17.7 Å². The lowest BCUT2D eigenvalue weighted by Gasteiger charge is -2.23. The number of thiazole rings is 1. The number of benzene rings is 2. The molecule has 5 aromatic rings. The van der Waals surface area contributed by atoms with Gasteiger partial charge in [-0.25, -0.2) is 9.97 Å². The number of amides is 1. The zero-order chi connectivity index (χ0) is 29.7. The summed E-state index contributed by atoms with van der Waals surface area (Å²) in [5.74, 6) is -1.21. The summed E-state index contributed by atoms with van der Waals surface area (Å²) >= 11 is 1.35. The van der Waals surface area contributed by atoms with Crippen LogP contribution in [0.3, 0.4) is 0 Å². The number of rotatable bonds is 7. The Balaban J connectivity index is 1.57. The lowest BCUT2D eigenvalue weighted by molar-refractivity contribution is -0.132. The molecule has 3 aromatic heterocycles. The van der Waals surface area contributed by atoms with Gasteiger partial charge in [0.2, 0.25) is 0 Å². The monoisotopic (exact) mass is 580 g/mol. The normalized spacial score (nSPS) is 16.7. The third-order valence-electron chi connectivity index (χ3n) is 7.72. The van der Waals surface area contributed by atoms with Crippen LogP contribution < -0.4 is 9.64 Å². The van der Waals surface area contributed by atoms with E-state index in [9.17, 15) is 14.7 Å². The quantitative estimate of drug-likeness (QED) is 0.0965. The van der Waals surface area contributed by atoms with Crippen LogP contribution in [-0.2, 0) is 9.59 Å². The van der Waals surface area contributed by atoms with E-state index >= 15 is 0 Å². The maximum absolute atomic E-state index is 13.8. The molecule has 0 radical (unpaired) electrons. The van der Waals surface area contributed by atoms with Gasteiger partial charge in [-0.2, -0.15) is 0 Å². The molecule has 1 saturated heterocycles. The Morgan fingerprint density at radius 3 is 2.60 bits per heavy atom. The van der Waals surface area contributed by atoms with Crippen molar-refractivity contribution < 1.29 is 19.4 Å². The molecular formula is C33H32N4O4S. The number of hydrogen-bond donors (Lipinski definition) is 1. The minimum absolute atomic E-state index is 0.0259. The highest BCUT2D eigenvalue weighted by Gasteiger charge is 2.48. The lowest BCUT2D eigenvalue weighted by atomic mass is 9.96. The number of aliphatic hydroxyl groups excluding tert-OH is 1. The number of carbonyl (C=O) groups excluding carboxylic acids is 2. The molecule has 1 aliphatic rings. The van der Waals surface area contributed by atoms with Crippen LogP contribution in [0.25, 0.3) is 21.6 Å². The lowest BCUT2D eigenvalue weighted by Crippen LogP contribution is -2.29. The third kappa shape index (κ3) is 4.54. The smallest absolute Gasteiger partial charge is 0.301 e. The van der Waals surface area contributed by atoms with Crippen molar-refractivity contribution in [2.45, 2.75) is 53.5 Å². The summed E-state index contributed by atoms with van der Waals surface area (Å²) in [5.41, 5.74) is 5.99. The standard InChI is InChI=1S/C33H32N4O4S/c1-6-7-14-41-23-12-8-11-22(17-23)28-25(29(38)27-21(5)36-13-9-10-19(3)31(36)34-27)30(39)32(40)37(28)33-35-26-20(4)15-18(2)16-24(26)42-33/h8-13,15-17,28,38H,6-7,14H2,1-5H3. The van der Waals surface area contributed by atoms with Gasteiger partial charge >= 0.3 is 5.91 Å². The van der Waals surface area contributed by atoms with E-state index in [0.717, 1.165) is 39.7 Å². The van der Waals surface area contributed by atoms with Gasteiger partial charge in [0.1, 0.15) is 17.1 Å². The third-order valence-corrected chi connectivity index (χ3v) is 8.72. The van der Waals surface area contributed by atoms with Gasteiger partial charge in [0, 0.05) is 6.20 Å². The molecule has 42 heavy (non-hydrogen) atoms. The fourth-order valence-electron chi connectivity index (χ4n) is 5.59. The Hall–Kier alpha value is -4.50. The summed E-state index contributed by atoms with van der Waals surface area (Å²) in [6.45, 7) is 10.4. The zero-order valence-corrected chi connectivity index (χ0v) is 25.1. The van der Waals surface area contributed by atoms with Crippen LogP contribution in [0.15, 0.2) is 60.3 Å². The van der Waals surface area contributed by atoms with Crippen LogP contribution in [0.4, 0.5) is 5.13 Å². The van der Waals surface area contributed by atoms with E-state index in [0.29, 0.717) is 34.4 Å². The van der Waals surface area contributed by atoms with Crippen molar-refractivity contribution in [1.82, 2.24) is 14.4 Å².